The maximum absolute atomic E-state index is 12.0. The van der Waals surface area contributed by atoms with Crippen LogP contribution in [-0.4, -0.2) is 76.7 Å². The Morgan fingerprint density at radius 3 is 2.04 bits per heavy atom. The molecule has 0 aliphatic heterocycles. The van der Waals surface area contributed by atoms with Gasteiger partial charge in [0.2, 0.25) is 5.76 Å². The first-order chi connectivity index (χ1) is 12.5. The van der Waals surface area contributed by atoms with E-state index in [1.807, 2.05) is 0 Å². The van der Waals surface area contributed by atoms with Gasteiger partial charge in [-0.1, -0.05) is 0 Å². The van der Waals surface area contributed by atoms with Crippen LogP contribution in [0.5, 0.6) is 11.5 Å². The van der Waals surface area contributed by atoms with E-state index in [0.29, 0.717) is 0 Å². The fourth-order valence-electron chi connectivity index (χ4n) is 2.68. The van der Waals surface area contributed by atoms with Crippen LogP contribution in [0.1, 0.15) is 18.4 Å². The van der Waals surface area contributed by atoms with Gasteiger partial charge >= 0.3 is 11.9 Å². The third-order valence-electron chi connectivity index (χ3n) is 4.16. The second-order valence-corrected chi connectivity index (χ2v) is 6.15. The standard InChI is InChI=1S/C16H18O11/c17-7-2-1-6(3-8(7)18)11(21)12(22)14(23)27-13-9(19)4-16(26,15(24)25)5-10(13)20/h1-3,9-10,13,17-22,26H,4-5H2,(H,24,25)/b12-11+/t9-,10-,13?,16?/m0/s1. The molecule has 0 saturated heterocycles. The SMILES string of the molecule is O=C(OC1[C@@H](O)CC(O)(C(=O)O)C[C@@H]1O)/C(O)=C(\O)c1ccc(O)c(O)c1. The van der Waals surface area contributed by atoms with E-state index >= 15 is 0 Å². The number of aliphatic hydroxyl groups excluding tert-OH is 4. The summed E-state index contributed by atoms with van der Waals surface area (Å²) >= 11 is 0. The second kappa shape index (κ2) is 7.31. The van der Waals surface area contributed by atoms with E-state index in [-0.39, 0.29) is 5.56 Å². The Labute approximate surface area is 151 Å². The van der Waals surface area contributed by atoms with Crippen molar-refractivity contribution in [2.24, 2.45) is 0 Å². The van der Waals surface area contributed by atoms with Crippen molar-refractivity contribution in [2.75, 3.05) is 0 Å². The molecule has 0 amide bonds. The predicted octanol–water partition coefficient (Wildman–Crippen LogP) is -0.874. The van der Waals surface area contributed by atoms with Crippen LogP contribution in [-0.2, 0) is 14.3 Å². The number of aromatic hydroxyl groups is 2. The lowest BCUT2D eigenvalue weighted by atomic mass is 9.79. The van der Waals surface area contributed by atoms with Gasteiger partial charge in [0.15, 0.2) is 29.0 Å². The fraction of sp³-hybridized carbons (Fsp3) is 0.375. The highest BCUT2D eigenvalue weighted by Crippen LogP contribution is 2.32. The molecule has 0 aromatic heterocycles. The molecule has 1 aromatic carbocycles. The summed E-state index contributed by atoms with van der Waals surface area (Å²) in [5, 5.41) is 76.8. The number of hydrogen-bond donors (Lipinski definition) is 8. The van der Waals surface area contributed by atoms with Gasteiger partial charge in [0, 0.05) is 18.4 Å². The Balaban J connectivity index is 2.18. The predicted molar refractivity (Wildman–Crippen MR) is 85.7 cm³/mol. The zero-order valence-electron chi connectivity index (χ0n) is 13.7. The maximum atomic E-state index is 12.0. The van der Waals surface area contributed by atoms with Gasteiger partial charge in [0.1, 0.15) is 0 Å². The minimum atomic E-state index is -2.41. The first-order valence-corrected chi connectivity index (χ1v) is 7.63. The summed E-state index contributed by atoms with van der Waals surface area (Å²) in [6, 6.07) is 2.91. The van der Waals surface area contributed by atoms with E-state index in [9.17, 15) is 45.3 Å². The summed E-state index contributed by atoms with van der Waals surface area (Å²) in [4.78, 5) is 23.0. The number of carboxylic acids is 1. The van der Waals surface area contributed by atoms with Crippen molar-refractivity contribution < 1.29 is 55.2 Å². The molecule has 2 atom stereocenters. The first-order valence-electron chi connectivity index (χ1n) is 7.63. The molecule has 0 unspecified atom stereocenters. The number of aliphatic carboxylic acids is 1. The van der Waals surface area contributed by atoms with Gasteiger partial charge < -0.3 is 45.6 Å². The summed E-state index contributed by atoms with van der Waals surface area (Å²) in [7, 11) is 0. The Hall–Kier alpha value is -3.02. The third-order valence-corrected chi connectivity index (χ3v) is 4.16. The van der Waals surface area contributed by atoms with Gasteiger partial charge in [0.25, 0.3) is 0 Å². The number of phenols is 2. The minimum absolute atomic E-state index is 0.246. The molecule has 148 valence electrons. The van der Waals surface area contributed by atoms with Crippen molar-refractivity contribution >= 4 is 17.7 Å². The molecule has 11 heteroatoms. The van der Waals surface area contributed by atoms with Crippen molar-refractivity contribution in [3.63, 3.8) is 0 Å². The van der Waals surface area contributed by atoms with Gasteiger partial charge in [-0.3, -0.25) is 0 Å². The maximum Gasteiger partial charge on any atom is 0.377 e. The molecule has 8 N–H and O–H groups in total. The van der Waals surface area contributed by atoms with Gasteiger partial charge in [-0.25, -0.2) is 9.59 Å². The summed E-state index contributed by atoms with van der Waals surface area (Å²) in [6.45, 7) is 0. The number of ether oxygens (including phenoxy) is 1. The minimum Gasteiger partial charge on any atom is -0.504 e. The molecule has 1 aromatic rings. The molecule has 1 aliphatic rings. The van der Waals surface area contributed by atoms with E-state index in [1.54, 1.807) is 0 Å². The van der Waals surface area contributed by atoms with Gasteiger partial charge in [0.05, 0.1) is 12.2 Å². The highest BCUT2D eigenvalue weighted by Gasteiger charge is 2.50. The lowest BCUT2D eigenvalue weighted by molar-refractivity contribution is -0.198. The van der Waals surface area contributed by atoms with Crippen LogP contribution in [0.25, 0.3) is 5.76 Å². The average molecular weight is 386 g/mol. The van der Waals surface area contributed by atoms with Crippen LogP contribution in [0.4, 0.5) is 0 Å². The van der Waals surface area contributed by atoms with Crippen LogP contribution in [0.15, 0.2) is 24.0 Å². The molecule has 0 heterocycles. The number of aliphatic hydroxyl groups is 5. The molecule has 0 radical (unpaired) electrons. The number of carbonyl (C=O) groups is 2. The van der Waals surface area contributed by atoms with Crippen LogP contribution in [0, 0.1) is 0 Å². The molecular weight excluding hydrogens is 368 g/mol. The molecule has 1 fully saturated rings. The highest BCUT2D eigenvalue weighted by molar-refractivity contribution is 5.93. The van der Waals surface area contributed by atoms with Gasteiger partial charge in [-0.2, -0.15) is 0 Å². The average Bonchev–Trinajstić information content (AvgIpc) is 2.58. The normalized spacial score (nSPS) is 28.9. The van der Waals surface area contributed by atoms with Gasteiger partial charge in [-0.15, -0.1) is 0 Å². The van der Waals surface area contributed by atoms with Crippen LogP contribution in [0.3, 0.4) is 0 Å². The molecular formula is C16H18O11. The van der Waals surface area contributed by atoms with Crippen molar-refractivity contribution in [3.8, 4) is 11.5 Å². The quantitative estimate of drug-likeness (QED) is 0.138. The van der Waals surface area contributed by atoms with E-state index in [1.165, 1.54) is 0 Å². The topological polar surface area (TPSA) is 205 Å². The van der Waals surface area contributed by atoms with Crippen LogP contribution in [0.2, 0.25) is 0 Å². The van der Waals surface area contributed by atoms with Crippen LogP contribution >= 0.6 is 0 Å². The Morgan fingerprint density at radius 2 is 1.56 bits per heavy atom. The van der Waals surface area contributed by atoms with E-state index < -0.39 is 71.7 Å². The van der Waals surface area contributed by atoms with Crippen molar-refractivity contribution in [1.82, 2.24) is 0 Å². The fourth-order valence-corrected chi connectivity index (χ4v) is 2.68. The monoisotopic (exact) mass is 386 g/mol. The molecule has 0 bridgehead atoms. The zero-order valence-corrected chi connectivity index (χ0v) is 13.7. The van der Waals surface area contributed by atoms with Crippen molar-refractivity contribution in [2.45, 2.75) is 36.8 Å². The summed E-state index contributed by atoms with van der Waals surface area (Å²) in [5.74, 6) is -6.70. The first kappa shape index (κ1) is 20.3. The van der Waals surface area contributed by atoms with E-state index in [4.69, 9.17) is 9.84 Å². The number of carboxylic acid groups (broad SMARTS) is 1. The number of esters is 1. The zero-order chi connectivity index (χ0) is 20.5. The lowest BCUT2D eigenvalue weighted by Gasteiger charge is -2.39. The smallest absolute Gasteiger partial charge is 0.377 e. The molecule has 2 rings (SSSR count). The number of phenolic OH excluding ortho intramolecular Hbond substituents is 2. The number of carbonyl (C=O) groups excluding carboxylic acids is 1. The lowest BCUT2D eigenvalue weighted by Crippen LogP contribution is -2.57. The third kappa shape index (κ3) is 4.05. The van der Waals surface area contributed by atoms with Crippen molar-refractivity contribution in [3.05, 3.63) is 29.5 Å². The van der Waals surface area contributed by atoms with E-state index in [0.717, 1.165) is 18.2 Å². The number of benzene rings is 1. The molecule has 1 saturated carbocycles. The van der Waals surface area contributed by atoms with Crippen LogP contribution < -0.4 is 0 Å². The Bertz CT molecular complexity index is 773. The molecule has 1 aliphatic carbocycles. The summed E-state index contributed by atoms with van der Waals surface area (Å²) < 4.78 is 4.72. The Morgan fingerprint density at radius 1 is 1.00 bits per heavy atom. The number of hydrogen-bond acceptors (Lipinski definition) is 10. The molecule has 27 heavy (non-hydrogen) atoms. The Kier molecular flexibility index (Phi) is 5.49. The highest BCUT2D eigenvalue weighted by atomic mass is 16.6. The number of rotatable bonds is 4. The largest absolute Gasteiger partial charge is 0.504 e. The molecule has 11 nitrogen and oxygen atoms in total. The summed E-state index contributed by atoms with van der Waals surface area (Å²) in [5.41, 5.74) is -2.66. The van der Waals surface area contributed by atoms with Crippen molar-refractivity contribution in [1.29, 1.82) is 0 Å². The summed E-state index contributed by atoms with van der Waals surface area (Å²) in [6.07, 6.45) is -6.66. The second-order valence-electron chi connectivity index (χ2n) is 6.15. The van der Waals surface area contributed by atoms with Gasteiger partial charge in [-0.05, 0) is 18.2 Å². The van der Waals surface area contributed by atoms with E-state index in [2.05, 4.69) is 0 Å². The molecule has 0 spiro atoms.